The SMILES string of the molecule is CCc1cccc(CC)c1/N=C1/C(=N/c2c(CC)cccc2CC)C(c2cc3ccccc3cc2C)c2cc3ccccc3cc2C1C. The van der Waals surface area contributed by atoms with E-state index < -0.39 is 0 Å². The van der Waals surface area contributed by atoms with Crippen LogP contribution in [0.1, 0.15) is 91.0 Å². The lowest BCUT2D eigenvalue weighted by atomic mass is 9.70. The number of aryl methyl sites for hydroxylation is 5. The Morgan fingerprint density at radius 2 is 0.854 bits per heavy atom. The second-order valence-corrected chi connectivity index (χ2v) is 13.3. The minimum atomic E-state index is -0.0716. The molecule has 7 rings (SSSR count). The minimum Gasteiger partial charge on any atom is -0.250 e. The van der Waals surface area contributed by atoms with Crippen molar-refractivity contribution in [3.05, 3.63) is 154 Å². The van der Waals surface area contributed by atoms with Crippen molar-refractivity contribution in [2.75, 3.05) is 0 Å². The first-order chi connectivity index (χ1) is 23.4. The number of hydrogen-bond acceptors (Lipinski definition) is 2. The molecule has 0 aliphatic heterocycles. The van der Waals surface area contributed by atoms with Crippen LogP contribution in [0.3, 0.4) is 0 Å². The van der Waals surface area contributed by atoms with Crippen LogP contribution in [0.15, 0.2) is 119 Å². The van der Waals surface area contributed by atoms with Crippen LogP contribution >= 0.6 is 0 Å². The maximum absolute atomic E-state index is 5.84. The van der Waals surface area contributed by atoms with E-state index in [0.29, 0.717) is 0 Å². The molecule has 240 valence electrons. The van der Waals surface area contributed by atoms with E-state index >= 15 is 0 Å². The minimum absolute atomic E-state index is 0.0638. The summed E-state index contributed by atoms with van der Waals surface area (Å²) in [6, 6.07) is 40.5. The molecule has 2 atom stereocenters. The zero-order valence-corrected chi connectivity index (χ0v) is 29.3. The maximum Gasteiger partial charge on any atom is 0.0751 e. The second kappa shape index (κ2) is 13.4. The van der Waals surface area contributed by atoms with Gasteiger partial charge in [0, 0.05) is 5.92 Å². The van der Waals surface area contributed by atoms with E-state index in [2.05, 4.69) is 151 Å². The lowest BCUT2D eigenvalue weighted by Crippen LogP contribution is -2.34. The topological polar surface area (TPSA) is 24.7 Å². The van der Waals surface area contributed by atoms with Crippen LogP contribution in [-0.2, 0) is 25.7 Å². The van der Waals surface area contributed by atoms with Gasteiger partial charge in [-0.2, -0.15) is 0 Å². The number of hydrogen-bond donors (Lipinski definition) is 0. The zero-order valence-electron chi connectivity index (χ0n) is 29.3. The van der Waals surface area contributed by atoms with E-state index in [1.165, 1.54) is 66.1 Å². The van der Waals surface area contributed by atoms with Gasteiger partial charge in [0.15, 0.2) is 0 Å². The first-order valence-electron chi connectivity index (χ1n) is 17.9. The van der Waals surface area contributed by atoms with Crippen LogP contribution in [0, 0.1) is 6.92 Å². The van der Waals surface area contributed by atoms with Gasteiger partial charge in [0.1, 0.15) is 0 Å². The van der Waals surface area contributed by atoms with Gasteiger partial charge in [-0.05, 0) is 111 Å². The predicted octanol–water partition coefficient (Wildman–Crippen LogP) is 12.3. The summed E-state index contributed by atoms with van der Waals surface area (Å²) in [5, 5.41) is 5.05. The number of nitrogens with zero attached hydrogens (tertiary/aromatic N) is 2. The zero-order chi connectivity index (χ0) is 33.4. The van der Waals surface area contributed by atoms with Crippen LogP contribution in [0.4, 0.5) is 11.4 Å². The molecular weight excluding hydrogens is 581 g/mol. The number of para-hydroxylation sites is 2. The smallest absolute Gasteiger partial charge is 0.0751 e. The Labute approximate surface area is 286 Å². The molecule has 0 radical (unpaired) electrons. The molecule has 0 fully saturated rings. The van der Waals surface area contributed by atoms with Crippen molar-refractivity contribution >= 4 is 44.3 Å². The van der Waals surface area contributed by atoms with E-state index in [9.17, 15) is 0 Å². The van der Waals surface area contributed by atoms with Gasteiger partial charge in [0.2, 0.25) is 0 Å². The summed E-state index contributed by atoms with van der Waals surface area (Å²) in [6.07, 6.45) is 3.74. The van der Waals surface area contributed by atoms with Crippen LogP contribution in [0.5, 0.6) is 0 Å². The standard InChI is InChI=1S/C46H46N2/c1-7-31-21-15-22-32(8-2)44(31)47-43-30(6)40-27-37-19-13-14-20-38(37)28-41(40)42(39-26-36-18-12-11-17-35(36)25-29(39)5)46(43)48-45-33(9-3)23-16-24-34(45)10-4/h11-28,30,42H,7-10H2,1-6H3/b47-43+,48-46+. The van der Waals surface area contributed by atoms with Gasteiger partial charge in [0.25, 0.3) is 0 Å². The first kappa shape index (κ1) is 31.8. The summed E-state index contributed by atoms with van der Waals surface area (Å²) >= 11 is 0. The van der Waals surface area contributed by atoms with E-state index in [4.69, 9.17) is 9.98 Å². The molecule has 2 unspecified atom stereocenters. The van der Waals surface area contributed by atoms with Crippen molar-refractivity contribution in [3.63, 3.8) is 0 Å². The lowest BCUT2D eigenvalue weighted by Gasteiger charge is -2.35. The summed E-state index contributed by atoms with van der Waals surface area (Å²) < 4.78 is 0. The van der Waals surface area contributed by atoms with Crippen molar-refractivity contribution in [1.29, 1.82) is 0 Å². The highest BCUT2D eigenvalue weighted by Crippen LogP contribution is 2.45. The fourth-order valence-electron chi connectivity index (χ4n) is 7.80. The van der Waals surface area contributed by atoms with Crippen LogP contribution in [0.25, 0.3) is 21.5 Å². The summed E-state index contributed by atoms with van der Waals surface area (Å²) in [6.45, 7) is 13.6. The van der Waals surface area contributed by atoms with Gasteiger partial charge >= 0.3 is 0 Å². The van der Waals surface area contributed by atoms with E-state index in [1.54, 1.807) is 0 Å². The lowest BCUT2D eigenvalue weighted by molar-refractivity contribution is 0.923. The van der Waals surface area contributed by atoms with Crippen LogP contribution in [0.2, 0.25) is 0 Å². The fourth-order valence-corrected chi connectivity index (χ4v) is 7.80. The van der Waals surface area contributed by atoms with Gasteiger partial charge in [-0.25, -0.2) is 4.99 Å². The maximum atomic E-state index is 5.84. The molecule has 48 heavy (non-hydrogen) atoms. The van der Waals surface area contributed by atoms with Crippen molar-refractivity contribution in [2.24, 2.45) is 9.98 Å². The highest BCUT2D eigenvalue weighted by Gasteiger charge is 2.38. The van der Waals surface area contributed by atoms with Crippen molar-refractivity contribution in [2.45, 2.75) is 79.1 Å². The molecule has 0 amide bonds. The van der Waals surface area contributed by atoms with E-state index in [1.807, 2.05) is 0 Å². The monoisotopic (exact) mass is 626 g/mol. The van der Waals surface area contributed by atoms with Crippen LogP contribution < -0.4 is 0 Å². The molecular formula is C46H46N2. The summed E-state index contributed by atoms with van der Waals surface area (Å²) in [5.41, 5.74) is 14.8. The fraction of sp³-hybridized carbons (Fsp3) is 0.261. The van der Waals surface area contributed by atoms with Crippen molar-refractivity contribution in [1.82, 2.24) is 0 Å². The molecule has 0 bridgehead atoms. The Kier molecular flexibility index (Phi) is 8.84. The molecule has 1 aliphatic rings. The molecule has 6 aromatic rings. The third-order valence-electron chi connectivity index (χ3n) is 10.5. The second-order valence-electron chi connectivity index (χ2n) is 13.3. The number of aliphatic imine (C=N–C) groups is 2. The largest absolute Gasteiger partial charge is 0.250 e. The molecule has 1 aliphatic carbocycles. The summed E-state index contributed by atoms with van der Waals surface area (Å²) in [5.74, 6) is -0.00787. The van der Waals surface area contributed by atoms with Gasteiger partial charge in [-0.3, -0.25) is 4.99 Å². The highest BCUT2D eigenvalue weighted by atomic mass is 14.9. The van der Waals surface area contributed by atoms with E-state index in [-0.39, 0.29) is 11.8 Å². The molecule has 2 nitrogen and oxygen atoms in total. The number of fused-ring (bicyclic) bond motifs is 3. The Bertz CT molecular complexity index is 2170. The highest BCUT2D eigenvalue weighted by molar-refractivity contribution is 6.48. The Hall–Kier alpha value is -4.82. The van der Waals surface area contributed by atoms with Crippen LogP contribution in [-0.4, -0.2) is 11.4 Å². The molecule has 6 aromatic carbocycles. The third kappa shape index (κ3) is 5.58. The number of benzene rings is 6. The molecule has 0 spiro atoms. The average molecular weight is 627 g/mol. The van der Waals surface area contributed by atoms with Crippen molar-refractivity contribution < 1.29 is 0 Å². The molecule has 0 saturated heterocycles. The average Bonchev–Trinajstić information content (AvgIpc) is 3.12. The van der Waals surface area contributed by atoms with E-state index in [0.717, 1.165) is 48.5 Å². The van der Waals surface area contributed by atoms with Gasteiger partial charge in [-0.1, -0.05) is 132 Å². The van der Waals surface area contributed by atoms with Gasteiger partial charge in [-0.15, -0.1) is 0 Å². The summed E-state index contributed by atoms with van der Waals surface area (Å²) in [4.78, 5) is 11.6. The molecule has 0 N–H and O–H groups in total. The van der Waals surface area contributed by atoms with Gasteiger partial charge in [0.05, 0.1) is 28.7 Å². The summed E-state index contributed by atoms with van der Waals surface area (Å²) in [7, 11) is 0. The normalized spacial score (nSPS) is 17.8. The Morgan fingerprint density at radius 3 is 1.31 bits per heavy atom. The molecule has 0 saturated carbocycles. The Balaban J connectivity index is 1.64. The third-order valence-corrected chi connectivity index (χ3v) is 10.5. The van der Waals surface area contributed by atoms with Crippen molar-refractivity contribution in [3.8, 4) is 0 Å². The first-order valence-corrected chi connectivity index (χ1v) is 17.9. The van der Waals surface area contributed by atoms with Gasteiger partial charge < -0.3 is 0 Å². The molecule has 0 heterocycles. The molecule has 2 heteroatoms. The number of rotatable bonds is 7. The quantitative estimate of drug-likeness (QED) is 0.168. The Morgan fingerprint density at radius 1 is 0.458 bits per heavy atom. The predicted molar refractivity (Wildman–Crippen MR) is 207 cm³/mol. The molecule has 0 aromatic heterocycles.